The molecule has 1 fully saturated rings. The molecule has 1 aromatic heterocycles. The van der Waals surface area contributed by atoms with Crippen molar-refractivity contribution in [2.45, 2.75) is 44.7 Å². The maximum absolute atomic E-state index is 12.6. The van der Waals surface area contributed by atoms with Gasteiger partial charge in [-0.3, -0.25) is 9.59 Å². The third-order valence-corrected chi connectivity index (χ3v) is 7.22. The lowest BCUT2D eigenvalue weighted by molar-refractivity contribution is -0.141. The SMILES string of the molecule is COC(=O)C(Cc1ccc(Nc2nc3ccccc3n2C)cc1)Nc1c(N2CCCC[C@@H]2C)c(=O)c1=O. The van der Waals surface area contributed by atoms with Crippen LogP contribution in [-0.4, -0.2) is 41.3 Å². The topological polar surface area (TPSA) is 106 Å². The summed E-state index contributed by atoms with van der Waals surface area (Å²) in [5.74, 6) is 0.232. The first kappa shape index (κ1) is 24.5. The highest BCUT2D eigenvalue weighted by molar-refractivity contribution is 5.84. The predicted octanol–water partition coefficient (Wildman–Crippen LogP) is 3.49. The van der Waals surface area contributed by atoms with Gasteiger partial charge in [0.1, 0.15) is 17.4 Å². The minimum Gasteiger partial charge on any atom is -0.467 e. The number of ether oxygens (including phenoxy) is 1. The van der Waals surface area contributed by atoms with Gasteiger partial charge in [-0.2, -0.15) is 0 Å². The third-order valence-electron chi connectivity index (χ3n) is 7.22. The highest BCUT2D eigenvalue weighted by atomic mass is 16.5. The number of nitrogens with one attached hydrogen (secondary N) is 2. The second kappa shape index (κ2) is 10.1. The van der Waals surface area contributed by atoms with Crippen LogP contribution in [0.3, 0.4) is 0 Å². The zero-order valence-electron chi connectivity index (χ0n) is 21.3. The summed E-state index contributed by atoms with van der Waals surface area (Å²) in [4.78, 5) is 44.2. The Kier molecular flexibility index (Phi) is 6.69. The molecule has 0 aliphatic carbocycles. The summed E-state index contributed by atoms with van der Waals surface area (Å²) < 4.78 is 7.00. The highest BCUT2D eigenvalue weighted by Crippen LogP contribution is 2.29. The summed E-state index contributed by atoms with van der Waals surface area (Å²) in [5, 5.41) is 6.37. The molecule has 9 nitrogen and oxygen atoms in total. The first-order valence-electron chi connectivity index (χ1n) is 12.6. The second-order valence-electron chi connectivity index (χ2n) is 9.65. The van der Waals surface area contributed by atoms with Crippen LogP contribution >= 0.6 is 0 Å². The van der Waals surface area contributed by atoms with E-state index in [1.807, 2.05) is 65.0 Å². The standard InChI is InChI=1S/C28H31N5O4/c1-17-8-6-7-15-33(17)24-23(25(34)26(24)35)30-21(27(36)37-3)16-18-11-13-19(14-12-18)29-28-31-20-9-4-5-10-22(20)32(28)2/h4-5,9-14,17,21,30H,6-8,15-16H2,1-3H3,(H,29,31)/t17-,21?/m0/s1. The Morgan fingerprint density at radius 1 is 1.11 bits per heavy atom. The van der Waals surface area contributed by atoms with Gasteiger partial charge in [0, 0.05) is 31.7 Å². The van der Waals surface area contributed by atoms with E-state index in [1.165, 1.54) is 7.11 Å². The molecule has 2 heterocycles. The normalized spacial score (nSPS) is 16.6. The van der Waals surface area contributed by atoms with Crippen LogP contribution in [0.15, 0.2) is 58.1 Å². The summed E-state index contributed by atoms with van der Waals surface area (Å²) >= 11 is 0. The number of hydrogen-bond donors (Lipinski definition) is 2. The number of aryl methyl sites for hydroxylation is 1. The average Bonchev–Trinajstić information content (AvgIpc) is 3.23. The average molecular weight is 502 g/mol. The molecule has 1 aliphatic heterocycles. The highest BCUT2D eigenvalue weighted by Gasteiger charge is 2.33. The van der Waals surface area contributed by atoms with Gasteiger partial charge < -0.3 is 24.8 Å². The molecule has 1 aliphatic rings. The Labute approximate surface area is 214 Å². The van der Waals surface area contributed by atoms with Crippen LogP contribution in [0.1, 0.15) is 31.7 Å². The molecule has 2 N–H and O–H groups in total. The Hall–Kier alpha value is -4.14. The minimum absolute atomic E-state index is 0.172. The van der Waals surface area contributed by atoms with E-state index in [0.29, 0.717) is 12.1 Å². The monoisotopic (exact) mass is 501 g/mol. The number of anilines is 4. The lowest BCUT2D eigenvalue weighted by atomic mass is 9.99. The van der Waals surface area contributed by atoms with Gasteiger partial charge in [-0.25, -0.2) is 9.78 Å². The quantitative estimate of drug-likeness (QED) is 0.279. The molecule has 9 heteroatoms. The van der Waals surface area contributed by atoms with Crippen LogP contribution < -0.4 is 26.4 Å². The van der Waals surface area contributed by atoms with E-state index < -0.39 is 22.9 Å². The number of rotatable bonds is 8. The van der Waals surface area contributed by atoms with Gasteiger partial charge in [0.15, 0.2) is 0 Å². The molecule has 4 aromatic rings. The van der Waals surface area contributed by atoms with Crippen LogP contribution in [0.5, 0.6) is 0 Å². The fraction of sp³-hybridized carbons (Fsp3) is 0.357. The van der Waals surface area contributed by atoms with Gasteiger partial charge in [-0.05, 0) is 56.0 Å². The number of esters is 1. The molecule has 0 amide bonds. The van der Waals surface area contributed by atoms with Crippen molar-refractivity contribution >= 4 is 40.0 Å². The number of piperidine rings is 1. The third kappa shape index (κ3) is 4.69. The number of methoxy groups -OCH3 is 1. The molecule has 2 atom stereocenters. The van der Waals surface area contributed by atoms with Crippen molar-refractivity contribution in [3.63, 3.8) is 0 Å². The fourth-order valence-electron chi connectivity index (χ4n) is 5.07. The molecule has 3 aromatic carbocycles. The summed E-state index contributed by atoms with van der Waals surface area (Å²) in [6, 6.07) is 15.0. The first-order chi connectivity index (χ1) is 17.9. The molecule has 1 unspecified atom stereocenters. The Morgan fingerprint density at radius 2 is 1.86 bits per heavy atom. The second-order valence-corrected chi connectivity index (χ2v) is 9.65. The van der Waals surface area contributed by atoms with E-state index >= 15 is 0 Å². The van der Waals surface area contributed by atoms with Crippen molar-refractivity contribution < 1.29 is 9.53 Å². The fourth-order valence-corrected chi connectivity index (χ4v) is 5.07. The van der Waals surface area contributed by atoms with Crippen LogP contribution in [0, 0.1) is 0 Å². The summed E-state index contributed by atoms with van der Waals surface area (Å²) in [6.07, 6.45) is 3.33. The number of imidazole rings is 1. The van der Waals surface area contributed by atoms with E-state index in [9.17, 15) is 14.4 Å². The number of benzene rings is 2. The molecular formula is C28H31N5O4. The lowest BCUT2D eigenvalue weighted by Crippen LogP contribution is -2.49. The van der Waals surface area contributed by atoms with Crippen molar-refractivity contribution in [2.75, 3.05) is 29.2 Å². The van der Waals surface area contributed by atoms with E-state index in [-0.39, 0.29) is 11.7 Å². The molecule has 0 saturated carbocycles. The van der Waals surface area contributed by atoms with Gasteiger partial charge >= 0.3 is 5.97 Å². The summed E-state index contributed by atoms with van der Waals surface area (Å²) in [5.41, 5.74) is 3.22. The van der Waals surface area contributed by atoms with Crippen LogP contribution in [0.25, 0.3) is 11.0 Å². The Balaban J connectivity index is 1.32. The largest absolute Gasteiger partial charge is 0.467 e. The lowest BCUT2D eigenvalue weighted by Gasteiger charge is -2.37. The summed E-state index contributed by atoms with van der Waals surface area (Å²) in [6.45, 7) is 2.78. The number of para-hydroxylation sites is 2. The van der Waals surface area contributed by atoms with Crippen molar-refractivity contribution in [2.24, 2.45) is 7.05 Å². The Bertz CT molecular complexity index is 1500. The molecule has 1 saturated heterocycles. The van der Waals surface area contributed by atoms with E-state index in [4.69, 9.17) is 4.74 Å². The van der Waals surface area contributed by atoms with Crippen LogP contribution in [0.4, 0.5) is 23.0 Å². The molecule has 0 spiro atoms. The van der Waals surface area contributed by atoms with Crippen molar-refractivity contribution in [3.8, 4) is 0 Å². The number of aromatic nitrogens is 2. The maximum Gasteiger partial charge on any atom is 0.328 e. The van der Waals surface area contributed by atoms with Crippen LogP contribution in [-0.2, 0) is 23.0 Å². The van der Waals surface area contributed by atoms with Gasteiger partial charge in [0.2, 0.25) is 5.95 Å². The first-order valence-corrected chi connectivity index (χ1v) is 12.6. The van der Waals surface area contributed by atoms with Crippen molar-refractivity contribution in [3.05, 3.63) is 74.5 Å². The van der Waals surface area contributed by atoms with Crippen molar-refractivity contribution in [1.29, 1.82) is 0 Å². The van der Waals surface area contributed by atoms with Crippen LogP contribution in [0.2, 0.25) is 0 Å². The number of carbonyl (C=O) groups is 1. The molecule has 192 valence electrons. The maximum atomic E-state index is 12.6. The molecule has 37 heavy (non-hydrogen) atoms. The smallest absolute Gasteiger partial charge is 0.328 e. The molecule has 0 radical (unpaired) electrons. The predicted molar refractivity (Wildman–Crippen MR) is 146 cm³/mol. The van der Waals surface area contributed by atoms with Gasteiger partial charge in [-0.15, -0.1) is 0 Å². The van der Waals surface area contributed by atoms with E-state index in [2.05, 4.69) is 22.5 Å². The number of fused-ring (bicyclic) bond motifs is 1. The minimum atomic E-state index is -0.800. The zero-order chi connectivity index (χ0) is 26.1. The summed E-state index contributed by atoms with van der Waals surface area (Å²) in [7, 11) is 3.27. The van der Waals surface area contributed by atoms with Gasteiger partial charge in [0.05, 0.1) is 18.1 Å². The molecule has 5 rings (SSSR count). The van der Waals surface area contributed by atoms with Crippen molar-refractivity contribution in [1.82, 2.24) is 9.55 Å². The number of carbonyl (C=O) groups excluding carboxylic acids is 1. The molecular weight excluding hydrogens is 470 g/mol. The number of nitrogens with zero attached hydrogens (tertiary/aromatic N) is 3. The Morgan fingerprint density at radius 3 is 2.57 bits per heavy atom. The van der Waals surface area contributed by atoms with Gasteiger partial charge in [-0.1, -0.05) is 24.3 Å². The van der Waals surface area contributed by atoms with Gasteiger partial charge in [0.25, 0.3) is 10.9 Å². The zero-order valence-corrected chi connectivity index (χ0v) is 21.3. The number of hydrogen-bond acceptors (Lipinski definition) is 8. The van der Waals surface area contributed by atoms with E-state index in [1.54, 1.807) is 0 Å². The molecule has 0 bridgehead atoms. The van der Waals surface area contributed by atoms with E-state index in [0.717, 1.165) is 54.0 Å².